The van der Waals surface area contributed by atoms with Gasteiger partial charge in [0.2, 0.25) is 0 Å². The molecule has 0 spiro atoms. The number of benzene rings is 1. The molecule has 0 fully saturated rings. The topological polar surface area (TPSA) is 44.1 Å². The van der Waals surface area contributed by atoms with Gasteiger partial charge in [0, 0.05) is 22.7 Å². The summed E-state index contributed by atoms with van der Waals surface area (Å²) in [6, 6.07) is 5.49. The Labute approximate surface area is 140 Å². The van der Waals surface area contributed by atoms with Crippen molar-refractivity contribution in [3.8, 4) is 5.75 Å². The van der Waals surface area contributed by atoms with Gasteiger partial charge in [0.05, 0.1) is 5.70 Å². The van der Waals surface area contributed by atoms with Crippen LogP contribution in [-0.2, 0) is 0 Å². The summed E-state index contributed by atoms with van der Waals surface area (Å²) in [5.74, 6) is 0.416. The predicted octanol–water partition coefficient (Wildman–Crippen LogP) is 3.92. The van der Waals surface area contributed by atoms with Crippen molar-refractivity contribution < 1.29 is 17.9 Å². The highest BCUT2D eigenvalue weighted by Gasteiger charge is 2.32. The number of hydrogen-bond donors (Lipinski definition) is 0. The largest absolute Gasteiger partial charge is 0.483 e. The lowest BCUT2D eigenvalue weighted by Gasteiger charge is -2.31. The molecule has 1 aliphatic rings. The molecule has 0 radical (unpaired) electrons. The fourth-order valence-electron chi connectivity index (χ4n) is 2.44. The molecule has 2 heterocycles. The molecular weight excluding hydrogens is 341 g/mol. The zero-order chi connectivity index (χ0) is 17.5. The summed E-state index contributed by atoms with van der Waals surface area (Å²) in [5.41, 5.74) is -4.56. The van der Waals surface area contributed by atoms with Gasteiger partial charge in [-0.3, -0.25) is 9.36 Å². The van der Waals surface area contributed by atoms with Gasteiger partial charge in [-0.25, -0.2) is 4.98 Å². The third-order valence-electron chi connectivity index (χ3n) is 3.30. The van der Waals surface area contributed by atoms with E-state index in [1.807, 2.05) is 0 Å². The highest BCUT2D eigenvalue weighted by atomic mass is 32.2. The Bertz CT molecular complexity index is 872. The number of rotatable bonds is 2. The minimum absolute atomic E-state index is 0.0207. The molecule has 0 unspecified atom stereocenters. The minimum Gasteiger partial charge on any atom is -0.483 e. The summed E-state index contributed by atoms with van der Waals surface area (Å²) >= 11 is -0.211. The number of ether oxygens (including phenoxy) is 1. The minimum atomic E-state index is -4.39. The molecule has 24 heavy (non-hydrogen) atoms. The number of nitrogens with zero attached hydrogens (tertiary/aromatic N) is 2. The molecule has 0 saturated carbocycles. The normalized spacial score (nSPS) is 16.1. The van der Waals surface area contributed by atoms with Gasteiger partial charge in [-0.05, 0) is 49.9 Å². The van der Waals surface area contributed by atoms with Crippen LogP contribution in [0.15, 0.2) is 52.6 Å². The highest BCUT2D eigenvalue weighted by Crippen LogP contribution is 2.42. The summed E-state index contributed by atoms with van der Waals surface area (Å²) in [6.07, 6.45) is 4.39. The molecule has 1 aromatic carbocycles. The quantitative estimate of drug-likeness (QED) is 0.767. The van der Waals surface area contributed by atoms with Crippen LogP contribution in [-0.4, -0.2) is 20.7 Å². The van der Waals surface area contributed by atoms with E-state index in [1.54, 1.807) is 19.9 Å². The molecule has 4 nitrogen and oxygen atoms in total. The van der Waals surface area contributed by atoms with Crippen molar-refractivity contribution in [1.29, 1.82) is 0 Å². The van der Waals surface area contributed by atoms with E-state index in [1.165, 1.54) is 41.4 Å². The van der Waals surface area contributed by atoms with Crippen LogP contribution in [0.4, 0.5) is 13.2 Å². The summed E-state index contributed by atoms with van der Waals surface area (Å²) in [4.78, 5) is 16.0. The third-order valence-corrected chi connectivity index (χ3v) is 4.02. The first-order valence-corrected chi connectivity index (χ1v) is 7.81. The Kier molecular flexibility index (Phi) is 3.95. The Morgan fingerprint density at radius 1 is 1.25 bits per heavy atom. The van der Waals surface area contributed by atoms with Crippen molar-refractivity contribution in [2.45, 2.75) is 29.9 Å². The van der Waals surface area contributed by atoms with Crippen molar-refractivity contribution in [3.63, 3.8) is 0 Å². The van der Waals surface area contributed by atoms with E-state index < -0.39 is 11.1 Å². The fraction of sp³-hybridized carbons (Fsp3) is 0.250. The zero-order valence-corrected chi connectivity index (χ0v) is 13.6. The van der Waals surface area contributed by atoms with E-state index in [0.717, 1.165) is 0 Å². The van der Waals surface area contributed by atoms with Crippen LogP contribution in [0.2, 0.25) is 0 Å². The van der Waals surface area contributed by atoms with Crippen molar-refractivity contribution in [3.05, 3.63) is 58.8 Å². The second kappa shape index (κ2) is 5.70. The first kappa shape index (κ1) is 16.6. The maximum Gasteiger partial charge on any atom is 0.446 e. The van der Waals surface area contributed by atoms with Gasteiger partial charge in [-0.2, -0.15) is 13.2 Å². The Morgan fingerprint density at radius 2 is 2.00 bits per heavy atom. The van der Waals surface area contributed by atoms with E-state index in [-0.39, 0.29) is 22.2 Å². The standard InChI is InChI=1S/C16H13F3N2O2S/c1-15(2)8-12(21-9-20-6-5-14(21)22)11-7-10(24-16(17,18)19)3-4-13(11)23-15/h3-9H,1-2H3. The van der Waals surface area contributed by atoms with Gasteiger partial charge in [0.25, 0.3) is 5.56 Å². The Morgan fingerprint density at radius 3 is 2.67 bits per heavy atom. The molecule has 0 amide bonds. The van der Waals surface area contributed by atoms with Gasteiger partial charge < -0.3 is 4.74 Å². The number of hydrogen-bond acceptors (Lipinski definition) is 4. The van der Waals surface area contributed by atoms with Crippen LogP contribution in [0.3, 0.4) is 0 Å². The lowest BCUT2D eigenvalue weighted by molar-refractivity contribution is -0.0328. The molecule has 1 aromatic heterocycles. The van der Waals surface area contributed by atoms with E-state index in [4.69, 9.17) is 4.74 Å². The van der Waals surface area contributed by atoms with Gasteiger partial charge in [0.15, 0.2) is 0 Å². The van der Waals surface area contributed by atoms with Crippen LogP contribution < -0.4 is 10.3 Å². The summed E-state index contributed by atoms with van der Waals surface area (Å²) in [7, 11) is 0. The molecule has 0 saturated heterocycles. The van der Waals surface area contributed by atoms with Gasteiger partial charge in [-0.15, -0.1) is 0 Å². The van der Waals surface area contributed by atoms with Crippen molar-refractivity contribution in [2.75, 3.05) is 0 Å². The van der Waals surface area contributed by atoms with Crippen molar-refractivity contribution in [2.24, 2.45) is 0 Å². The number of halogens is 3. The highest BCUT2D eigenvalue weighted by molar-refractivity contribution is 8.00. The van der Waals surface area contributed by atoms with E-state index in [9.17, 15) is 18.0 Å². The molecule has 3 rings (SSSR count). The number of fused-ring (bicyclic) bond motifs is 1. The van der Waals surface area contributed by atoms with Crippen molar-refractivity contribution >= 4 is 17.5 Å². The maximum atomic E-state index is 12.6. The number of alkyl halides is 3. The van der Waals surface area contributed by atoms with Crippen molar-refractivity contribution in [1.82, 2.24) is 9.55 Å². The average molecular weight is 354 g/mol. The molecule has 1 aliphatic heterocycles. The average Bonchev–Trinajstić information content (AvgIpc) is 2.45. The van der Waals surface area contributed by atoms with Crippen LogP contribution in [0, 0.1) is 0 Å². The Balaban J connectivity index is 2.16. The molecule has 2 aromatic rings. The lowest BCUT2D eigenvalue weighted by atomic mass is 9.99. The molecular formula is C16H13F3N2O2S. The number of thioether (sulfide) groups is 1. The first-order chi connectivity index (χ1) is 11.1. The molecule has 0 bridgehead atoms. The smallest absolute Gasteiger partial charge is 0.446 e. The van der Waals surface area contributed by atoms with Crippen LogP contribution in [0.1, 0.15) is 19.4 Å². The third kappa shape index (κ3) is 3.48. The molecule has 0 N–H and O–H groups in total. The Hall–Kier alpha value is -2.22. The molecule has 126 valence electrons. The van der Waals surface area contributed by atoms with Gasteiger partial charge in [-0.1, -0.05) is 0 Å². The second-order valence-corrected chi connectivity index (χ2v) is 6.87. The van der Waals surface area contributed by atoms with Gasteiger partial charge >= 0.3 is 5.51 Å². The van der Waals surface area contributed by atoms with E-state index in [2.05, 4.69) is 4.98 Å². The lowest BCUT2D eigenvalue weighted by Crippen LogP contribution is -2.32. The van der Waals surface area contributed by atoms with Crippen LogP contribution in [0.5, 0.6) is 5.75 Å². The second-order valence-electron chi connectivity index (χ2n) is 5.73. The van der Waals surface area contributed by atoms with E-state index >= 15 is 0 Å². The van der Waals surface area contributed by atoms with Gasteiger partial charge in [0.1, 0.15) is 17.7 Å². The molecule has 8 heteroatoms. The number of aromatic nitrogens is 2. The SMILES string of the molecule is CC1(C)C=C(n2cnccc2=O)c2cc(SC(F)(F)F)ccc2O1. The maximum absolute atomic E-state index is 12.6. The molecule has 0 aliphatic carbocycles. The zero-order valence-electron chi connectivity index (χ0n) is 12.8. The fourth-order valence-corrected chi connectivity index (χ4v) is 3.02. The summed E-state index contributed by atoms with van der Waals surface area (Å²) < 4.78 is 45.0. The van der Waals surface area contributed by atoms with E-state index in [0.29, 0.717) is 17.0 Å². The monoisotopic (exact) mass is 354 g/mol. The summed E-state index contributed by atoms with van der Waals surface area (Å²) in [5, 5.41) is 0. The molecule has 0 atom stereocenters. The van der Waals surface area contributed by atoms with Crippen LogP contribution >= 0.6 is 11.8 Å². The van der Waals surface area contributed by atoms with Crippen LogP contribution in [0.25, 0.3) is 5.70 Å². The first-order valence-electron chi connectivity index (χ1n) is 7.00. The predicted molar refractivity (Wildman–Crippen MR) is 84.9 cm³/mol. The summed E-state index contributed by atoms with van der Waals surface area (Å²) in [6.45, 7) is 3.60.